The number of nitrogens with zero attached hydrogens (tertiary/aromatic N) is 3. The first kappa shape index (κ1) is 26.2. The van der Waals surface area contributed by atoms with E-state index in [-0.39, 0.29) is 18.0 Å². The highest BCUT2D eigenvalue weighted by molar-refractivity contribution is 5.95. The summed E-state index contributed by atoms with van der Waals surface area (Å²) >= 11 is 0. The van der Waals surface area contributed by atoms with Crippen LogP contribution in [0.25, 0.3) is 10.9 Å². The van der Waals surface area contributed by atoms with Gasteiger partial charge in [0.1, 0.15) is 5.75 Å². The number of aromatic nitrogens is 1. The summed E-state index contributed by atoms with van der Waals surface area (Å²) in [6.07, 6.45) is 0. The van der Waals surface area contributed by atoms with Crippen LogP contribution in [-0.4, -0.2) is 88.7 Å². The summed E-state index contributed by atoms with van der Waals surface area (Å²) in [4.78, 5) is 22.6. The molecule has 2 amide bonds. The van der Waals surface area contributed by atoms with Crippen LogP contribution >= 0.6 is 0 Å². The highest BCUT2D eigenvalue weighted by atomic mass is 16.5. The van der Waals surface area contributed by atoms with Crippen molar-refractivity contribution in [3.63, 3.8) is 0 Å². The number of aryl methyl sites for hydroxylation is 1. The van der Waals surface area contributed by atoms with E-state index in [1.165, 1.54) is 5.56 Å². The van der Waals surface area contributed by atoms with Gasteiger partial charge in [0.05, 0.1) is 55.6 Å². The average molecular weight is 520 g/mol. The molecule has 38 heavy (non-hydrogen) atoms. The molecule has 0 aliphatic carbocycles. The Kier molecular flexibility index (Phi) is 8.26. The Hall–Kier alpha value is -3.40. The molecule has 2 N–H and O–H groups in total. The third-order valence-corrected chi connectivity index (χ3v) is 7.46. The van der Waals surface area contributed by atoms with Gasteiger partial charge in [0, 0.05) is 51.1 Å². The van der Waals surface area contributed by atoms with Gasteiger partial charge in [0.2, 0.25) is 0 Å². The molecule has 3 aromatic rings. The number of fused-ring (bicyclic) bond motifs is 1. The lowest BCUT2D eigenvalue weighted by molar-refractivity contribution is 0.122. The van der Waals surface area contributed by atoms with Crippen LogP contribution in [-0.2, 0) is 9.47 Å². The summed E-state index contributed by atoms with van der Waals surface area (Å²) in [5.41, 5.74) is 4.55. The number of carbonyl (C=O) groups excluding carboxylic acids is 1. The molecule has 2 fully saturated rings. The fourth-order valence-corrected chi connectivity index (χ4v) is 5.43. The van der Waals surface area contributed by atoms with E-state index in [4.69, 9.17) is 19.2 Å². The molecule has 2 atom stereocenters. The number of ether oxygens (including phenoxy) is 3. The van der Waals surface area contributed by atoms with Crippen molar-refractivity contribution in [3.8, 4) is 5.75 Å². The normalized spacial score (nSPS) is 20.0. The van der Waals surface area contributed by atoms with Crippen LogP contribution in [0.3, 0.4) is 0 Å². The van der Waals surface area contributed by atoms with Crippen LogP contribution in [0.4, 0.5) is 16.2 Å². The monoisotopic (exact) mass is 519 g/mol. The first-order valence-corrected chi connectivity index (χ1v) is 13.2. The van der Waals surface area contributed by atoms with Crippen LogP contribution in [0.1, 0.15) is 17.2 Å². The quantitative estimate of drug-likeness (QED) is 0.470. The maximum atomic E-state index is 13.2. The van der Waals surface area contributed by atoms with Crippen molar-refractivity contribution in [2.75, 3.05) is 77.0 Å². The Morgan fingerprint density at radius 2 is 1.89 bits per heavy atom. The van der Waals surface area contributed by atoms with E-state index in [1.807, 2.05) is 37.3 Å². The Balaban J connectivity index is 1.33. The van der Waals surface area contributed by atoms with Gasteiger partial charge in [-0.25, -0.2) is 4.79 Å². The van der Waals surface area contributed by atoms with Gasteiger partial charge >= 0.3 is 6.03 Å². The number of methoxy groups -OCH3 is 2. The van der Waals surface area contributed by atoms with Crippen LogP contribution in [0.15, 0.2) is 48.5 Å². The fraction of sp³-hybridized carbons (Fsp3) is 0.448. The van der Waals surface area contributed by atoms with Gasteiger partial charge in [0.25, 0.3) is 0 Å². The number of hydrogen-bond acceptors (Lipinski definition) is 7. The van der Waals surface area contributed by atoms with Crippen molar-refractivity contribution in [2.45, 2.75) is 18.9 Å². The lowest BCUT2D eigenvalue weighted by Crippen LogP contribution is -2.42. The zero-order valence-corrected chi connectivity index (χ0v) is 22.4. The van der Waals surface area contributed by atoms with Gasteiger partial charge in [-0.05, 0) is 30.7 Å². The van der Waals surface area contributed by atoms with E-state index in [1.54, 1.807) is 14.2 Å². The summed E-state index contributed by atoms with van der Waals surface area (Å²) < 4.78 is 16.5. The number of morpholine rings is 1. The number of benzene rings is 2. The summed E-state index contributed by atoms with van der Waals surface area (Å²) in [6, 6.07) is 16.2. The SMILES string of the molecule is COCCN1C[C@@H](NC(=O)Nc2cc3cc(OC)c(N4CCOCC4)cc3nc2C)[C@H](c2ccccc2)C1. The minimum Gasteiger partial charge on any atom is -0.495 e. The molecule has 0 spiro atoms. The van der Waals surface area contributed by atoms with E-state index in [0.717, 1.165) is 60.8 Å². The van der Waals surface area contributed by atoms with Crippen LogP contribution in [0.2, 0.25) is 0 Å². The second-order valence-electron chi connectivity index (χ2n) is 9.91. The van der Waals surface area contributed by atoms with Gasteiger partial charge in [-0.3, -0.25) is 9.88 Å². The van der Waals surface area contributed by atoms with E-state index < -0.39 is 0 Å². The largest absolute Gasteiger partial charge is 0.495 e. The molecule has 9 nitrogen and oxygen atoms in total. The van der Waals surface area contributed by atoms with E-state index in [9.17, 15) is 4.79 Å². The van der Waals surface area contributed by atoms with Crippen molar-refractivity contribution in [3.05, 3.63) is 59.8 Å². The summed E-state index contributed by atoms with van der Waals surface area (Å²) in [7, 11) is 3.40. The van der Waals surface area contributed by atoms with Gasteiger partial charge < -0.3 is 29.7 Å². The Labute approximate surface area is 224 Å². The standard InChI is InChI=1S/C29H37N5O4/c1-20-24(15-22-16-28(37-3)27(17-25(22)30-20)34-10-13-38-14-11-34)31-29(35)32-26-19-33(9-12-36-2)18-23(26)21-7-5-4-6-8-21/h4-8,15-17,23,26H,9-14,18-19H2,1-3H3,(H2,31,32,35)/t23-,26+/m0/s1. The van der Waals surface area contributed by atoms with Crippen LogP contribution < -0.4 is 20.3 Å². The zero-order valence-electron chi connectivity index (χ0n) is 22.4. The maximum absolute atomic E-state index is 13.2. The van der Waals surface area contributed by atoms with Crippen molar-refractivity contribution >= 4 is 28.3 Å². The van der Waals surface area contributed by atoms with Gasteiger partial charge in [-0.15, -0.1) is 0 Å². The molecule has 2 aromatic carbocycles. The number of pyridine rings is 1. The minimum absolute atomic E-state index is 0.0147. The number of likely N-dealkylation sites (tertiary alicyclic amines) is 1. The molecule has 3 heterocycles. The molecule has 0 bridgehead atoms. The number of anilines is 2. The molecular weight excluding hydrogens is 482 g/mol. The van der Waals surface area contributed by atoms with Gasteiger partial charge in [-0.1, -0.05) is 30.3 Å². The molecule has 9 heteroatoms. The Bertz CT molecular complexity index is 1250. The number of amides is 2. The van der Waals surface area contributed by atoms with Crippen molar-refractivity contribution in [1.29, 1.82) is 0 Å². The number of nitrogens with one attached hydrogen (secondary N) is 2. The summed E-state index contributed by atoms with van der Waals surface area (Å²) in [5, 5.41) is 7.19. The molecule has 2 saturated heterocycles. The van der Waals surface area contributed by atoms with E-state index >= 15 is 0 Å². The fourth-order valence-electron chi connectivity index (χ4n) is 5.43. The molecule has 5 rings (SSSR count). The molecule has 2 aliphatic heterocycles. The Morgan fingerprint density at radius 1 is 1.11 bits per heavy atom. The van der Waals surface area contributed by atoms with Crippen LogP contribution in [0, 0.1) is 6.92 Å². The number of urea groups is 1. The second-order valence-corrected chi connectivity index (χ2v) is 9.91. The molecule has 0 radical (unpaired) electrons. The van der Waals surface area contributed by atoms with E-state index in [2.05, 4.69) is 38.6 Å². The zero-order chi connectivity index (χ0) is 26.5. The van der Waals surface area contributed by atoms with Gasteiger partial charge in [-0.2, -0.15) is 0 Å². The second kappa shape index (κ2) is 12.0. The predicted molar refractivity (Wildman–Crippen MR) is 150 cm³/mol. The first-order chi connectivity index (χ1) is 18.6. The highest BCUT2D eigenvalue weighted by Crippen LogP contribution is 2.35. The van der Waals surface area contributed by atoms with Crippen molar-refractivity contribution < 1.29 is 19.0 Å². The van der Waals surface area contributed by atoms with Gasteiger partial charge in [0.15, 0.2) is 0 Å². The smallest absolute Gasteiger partial charge is 0.319 e. The minimum atomic E-state index is -0.231. The van der Waals surface area contributed by atoms with Crippen LogP contribution in [0.5, 0.6) is 5.75 Å². The maximum Gasteiger partial charge on any atom is 0.319 e. The third kappa shape index (κ3) is 5.85. The Morgan fingerprint density at radius 3 is 2.63 bits per heavy atom. The summed E-state index contributed by atoms with van der Waals surface area (Å²) in [5.74, 6) is 0.991. The van der Waals surface area contributed by atoms with E-state index in [0.29, 0.717) is 25.5 Å². The van der Waals surface area contributed by atoms with Crippen molar-refractivity contribution in [1.82, 2.24) is 15.2 Å². The predicted octanol–water partition coefficient (Wildman–Crippen LogP) is 3.62. The molecule has 2 aliphatic rings. The third-order valence-electron chi connectivity index (χ3n) is 7.46. The molecule has 0 saturated carbocycles. The lowest BCUT2D eigenvalue weighted by atomic mass is 9.94. The lowest BCUT2D eigenvalue weighted by Gasteiger charge is -2.30. The molecule has 1 aromatic heterocycles. The van der Waals surface area contributed by atoms with Crippen molar-refractivity contribution in [2.24, 2.45) is 0 Å². The molecular formula is C29H37N5O4. The topological polar surface area (TPSA) is 88.2 Å². The number of carbonyl (C=O) groups is 1. The highest BCUT2D eigenvalue weighted by Gasteiger charge is 2.34. The average Bonchev–Trinajstić information content (AvgIpc) is 3.34. The number of hydrogen-bond donors (Lipinski definition) is 2. The first-order valence-electron chi connectivity index (χ1n) is 13.2. The summed E-state index contributed by atoms with van der Waals surface area (Å²) in [6.45, 7) is 8.09. The number of rotatable bonds is 8. The molecule has 202 valence electrons. The molecule has 0 unspecified atom stereocenters.